The predicted octanol–water partition coefficient (Wildman–Crippen LogP) is 2.16. The molecule has 1 unspecified atom stereocenters. The van der Waals surface area contributed by atoms with E-state index in [1.165, 1.54) is 4.31 Å². The van der Waals surface area contributed by atoms with Gasteiger partial charge < -0.3 is 5.32 Å². The third-order valence-corrected chi connectivity index (χ3v) is 6.20. The van der Waals surface area contributed by atoms with Crippen molar-refractivity contribution in [1.82, 2.24) is 9.62 Å². The summed E-state index contributed by atoms with van der Waals surface area (Å²) in [6.07, 6.45) is 0.860. The van der Waals surface area contributed by atoms with Crippen LogP contribution in [0.15, 0.2) is 27.6 Å². The highest BCUT2D eigenvalue weighted by Crippen LogP contribution is 2.27. The second kappa shape index (κ2) is 6.54. The fourth-order valence-electron chi connectivity index (χ4n) is 2.11. The Morgan fingerprint density at radius 1 is 1.42 bits per heavy atom. The van der Waals surface area contributed by atoms with E-state index >= 15 is 0 Å². The lowest BCUT2D eigenvalue weighted by Crippen LogP contribution is -2.38. The van der Waals surface area contributed by atoms with Crippen molar-refractivity contribution >= 4 is 38.4 Å². The summed E-state index contributed by atoms with van der Waals surface area (Å²) in [4.78, 5) is 0.344. The minimum atomic E-state index is -3.43. The van der Waals surface area contributed by atoms with Gasteiger partial charge in [-0.3, -0.25) is 0 Å². The molecule has 0 aromatic heterocycles. The largest absolute Gasteiger partial charge is 0.315 e. The molecular weight excluding hydrogens is 352 g/mol. The number of sulfonamides is 1. The maximum Gasteiger partial charge on any atom is 0.244 e. The van der Waals surface area contributed by atoms with E-state index in [1.54, 1.807) is 19.2 Å². The Kier molecular flexibility index (Phi) is 5.82. The molecule has 19 heavy (non-hydrogen) atoms. The zero-order valence-electron chi connectivity index (χ0n) is 10.9. The van der Waals surface area contributed by atoms with Crippen molar-refractivity contribution in [3.05, 3.63) is 28.2 Å². The van der Waals surface area contributed by atoms with Crippen LogP contribution in [-0.4, -0.2) is 38.9 Å². The average molecular weight is 370 g/mol. The van der Waals surface area contributed by atoms with E-state index in [4.69, 9.17) is 0 Å². The van der Waals surface area contributed by atoms with Crippen LogP contribution in [0.4, 0.5) is 0 Å². The van der Waals surface area contributed by atoms with Crippen molar-refractivity contribution in [2.45, 2.75) is 24.3 Å². The molecule has 0 spiro atoms. The third-order valence-electron chi connectivity index (χ3n) is 3.29. The molecular formula is C12H18BrClN2O2S. The summed E-state index contributed by atoms with van der Waals surface area (Å²) in [5.41, 5.74) is 0.940. The lowest BCUT2D eigenvalue weighted by Gasteiger charge is -2.23. The van der Waals surface area contributed by atoms with Crippen molar-refractivity contribution in [3.8, 4) is 0 Å². The van der Waals surface area contributed by atoms with Gasteiger partial charge in [0.2, 0.25) is 10.0 Å². The Morgan fingerprint density at radius 2 is 2.11 bits per heavy atom. The van der Waals surface area contributed by atoms with E-state index in [2.05, 4.69) is 21.2 Å². The van der Waals surface area contributed by atoms with E-state index in [0.29, 0.717) is 9.37 Å². The van der Waals surface area contributed by atoms with Crippen LogP contribution >= 0.6 is 28.3 Å². The molecule has 4 nitrogen and oxygen atoms in total. The number of aryl methyl sites for hydroxylation is 1. The van der Waals surface area contributed by atoms with E-state index in [1.807, 2.05) is 13.0 Å². The van der Waals surface area contributed by atoms with Gasteiger partial charge in [0, 0.05) is 24.1 Å². The van der Waals surface area contributed by atoms with Crippen LogP contribution in [-0.2, 0) is 10.0 Å². The van der Waals surface area contributed by atoms with E-state index in [0.717, 1.165) is 25.1 Å². The number of benzene rings is 1. The van der Waals surface area contributed by atoms with Crippen LogP contribution in [0.25, 0.3) is 0 Å². The van der Waals surface area contributed by atoms with Gasteiger partial charge in [0.1, 0.15) is 0 Å². The summed E-state index contributed by atoms with van der Waals surface area (Å²) < 4.78 is 27.2. The molecule has 2 rings (SSSR count). The smallest absolute Gasteiger partial charge is 0.244 e. The summed E-state index contributed by atoms with van der Waals surface area (Å²) in [6.45, 7) is 3.49. The number of likely N-dealkylation sites (N-methyl/N-ethyl adjacent to an activating group) is 1. The van der Waals surface area contributed by atoms with Gasteiger partial charge in [-0.1, -0.05) is 6.07 Å². The van der Waals surface area contributed by atoms with Crippen molar-refractivity contribution in [1.29, 1.82) is 0 Å². The minimum absolute atomic E-state index is 0. The zero-order valence-corrected chi connectivity index (χ0v) is 14.1. The second-order valence-electron chi connectivity index (χ2n) is 4.60. The minimum Gasteiger partial charge on any atom is -0.315 e. The van der Waals surface area contributed by atoms with E-state index in [9.17, 15) is 8.42 Å². The Bertz CT molecular complexity index is 545. The van der Waals surface area contributed by atoms with Crippen molar-refractivity contribution in [2.75, 3.05) is 20.1 Å². The molecule has 0 radical (unpaired) electrons. The number of halogens is 2. The number of hydrogen-bond acceptors (Lipinski definition) is 3. The Morgan fingerprint density at radius 3 is 2.68 bits per heavy atom. The average Bonchev–Trinajstić information content (AvgIpc) is 2.84. The van der Waals surface area contributed by atoms with Crippen LogP contribution in [0.3, 0.4) is 0 Å². The normalized spacial score (nSPS) is 19.5. The van der Waals surface area contributed by atoms with Gasteiger partial charge in [0.05, 0.1) is 4.90 Å². The molecule has 108 valence electrons. The van der Waals surface area contributed by atoms with Gasteiger partial charge in [-0.25, -0.2) is 8.42 Å². The fourth-order valence-corrected chi connectivity index (χ4v) is 4.50. The third kappa shape index (κ3) is 3.49. The lowest BCUT2D eigenvalue weighted by atomic mass is 10.2. The summed E-state index contributed by atoms with van der Waals surface area (Å²) in [6, 6.07) is 5.42. The topological polar surface area (TPSA) is 49.4 Å². The zero-order chi connectivity index (χ0) is 13.3. The molecule has 0 aliphatic carbocycles. The number of nitrogens with one attached hydrogen (secondary N) is 1. The lowest BCUT2D eigenvalue weighted by molar-refractivity contribution is 0.387. The molecule has 0 amide bonds. The Hall–Kier alpha value is -0.140. The predicted molar refractivity (Wildman–Crippen MR) is 82.4 cm³/mol. The highest BCUT2D eigenvalue weighted by atomic mass is 79.9. The summed E-state index contributed by atoms with van der Waals surface area (Å²) in [7, 11) is -1.77. The first kappa shape index (κ1) is 16.9. The van der Waals surface area contributed by atoms with E-state index < -0.39 is 10.0 Å². The summed E-state index contributed by atoms with van der Waals surface area (Å²) >= 11 is 3.32. The Labute approximate surface area is 129 Å². The summed E-state index contributed by atoms with van der Waals surface area (Å²) in [5, 5.41) is 3.18. The van der Waals surface area contributed by atoms with Crippen LogP contribution in [0.1, 0.15) is 12.0 Å². The number of nitrogens with zero attached hydrogens (tertiary/aromatic N) is 1. The molecule has 1 aromatic rings. The first-order valence-electron chi connectivity index (χ1n) is 5.88. The first-order valence-corrected chi connectivity index (χ1v) is 8.11. The first-order chi connectivity index (χ1) is 8.43. The quantitative estimate of drug-likeness (QED) is 0.888. The van der Waals surface area contributed by atoms with Gasteiger partial charge in [-0.2, -0.15) is 4.31 Å². The van der Waals surface area contributed by atoms with Gasteiger partial charge in [-0.05, 0) is 53.5 Å². The van der Waals surface area contributed by atoms with Gasteiger partial charge in [0.15, 0.2) is 0 Å². The highest BCUT2D eigenvalue weighted by molar-refractivity contribution is 9.10. The second-order valence-corrected chi connectivity index (χ2v) is 7.42. The van der Waals surface area contributed by atoms with Gasteiger partial charge >= 0.3 is 0 Å². The molecule has 1 aliphatic rings. The number of rotatable bonds is 3. The maximum absolute atomic E-state index is 12.6. The SMILES string of the molecule is Cc1ccc(Br)c(S(=O)(=O)N(C)C2CCNC2)c1.Cl. The van der Waals surface area contributed by atoms with Crippen LogP contribution in [0.2, 0.25) is 0 Å². The Balaban J connectivity index is 0.00000180. The molecule has 0 saturated carbocycles. The van der Waals surface area contributed by atoms with Crippen molar-refractivity contribution < 1.29 is 8.42 Å². The molecule has 1 aromatic carbocycles. The van der Waals surface area contributed by atoms with Crippen LogP contribution < -0.4 is 5.32 Å². The van der Waals surface area contributed by atoms with Crippen LogP contribution in [0.5, 0.6) is 0 Å². The van der Waals surface area contributed by atoms with Crippen molar-refractivity contribution in [2.24, 2.45) is 0 Å². The summed E-state index contributed by atoms with van der Waals surface area (Å²) in [5.74, 6) is 0. The molecule has 1 N–H and O–H groups in total. The molecule has 1 atom stereocenters. The van der Waals surface area contributed by atoms with Gasteiger partial charge in [-0.15, -0.1) is 12.4 Å². The molecule has 1 fully saturated rings. The fraction of sp³-hybridized carbons (Fsp3) is 0.500. The molecule has 1 heterocycles. The van der Waals surface area contributed by atoms with Crippen LogP contribution in [0, 0.1) is 6.92 Å². The number of hydrogen-bond donors (Lipinski definition) is 1. The standard InChI is InChI=1S/C12H17BrN2O2S.ClH/c1-9-3-4-11(13)12(7-9)18(16,17)15(2)10-5-6-14-8-10;/h3-4,7,10,14H,5-6,8H2,1-2H3;1H. The molecule has 1 aliphatic heterocycles. The van der Waals surface area contributed by atoms with Crippen molar-refractivity contribution in [3.63, 3.8) is 0 Å². The molecule has 0 bridgehead atoms. The molecule has 1 saturated heterocycles. The van der Waals surface area contributed by atoms with E-state index in [-0.39, 0.29) is 18.4 Å². The highest BCUT2D eigenvalue weighted by Gasteiger charge is 2.31. The maximum atomic E-state index is 12.6. The monoisotopic (exact) mass is 368 g/mol. The van der Waals surface area contributed by atoms with Gasteiger partial charge in [0.25, 0.3) is 0 Å². The molecule has 7 heteroatoms.